The Bertz CT molecular complexity index is 171. The monoisotopic (exact) mass is 228 g/mol. The minimum absolute atomic E-state index is 0.689. The predicted octanol–water partition coefficient (Wildman–Crippen LogP) is 4.24. The van der Waals surface area contributed by atoms with Gasteiger partial charge in [-0.2, -0.15) is 0 Å². The first-order chi connectivity index (χ1) is 7.36. The SMILES string of the molecule is CCCCC(CC)COCC1CC=CS1. The van der Waals surface area contributed by atoms with Crippen molar-refractivity contribution in [3.63, 3.8) is 0 Å². The summed E-state index contributed by atoms with van der Waals surface area (Å²) >= 11 is 1.91. The molecule has 0 bridgehead atoms. The zero-order chi connectivity index (χ0) is 10.9. The third-order valence-corrected chi connectivity index (χ3v) is 4.03. The van der Waals surface area contributed by atoms with Gasteiger partial charge in [-0.15, -0.1) is 11.8 Å². The third kappa shape index (κ3) is 5.62. The number of hydrogen-bond acceptors (Lipinski definition) is 2. The zero-order valence-electron chi connectivity index (χ0n) is 10.1. The number of ether oxygens (including phenoxy) is 1. The maximum atomic E-state index is 5.81. The van der Waals surface area contributed by atoms with Crippen LogP contribution in [0.5, 0.6) is 0 Å². The maximum Gasteiger partial charge on any atom is 0.0591 e. The van der Waals surface area contributed by atoms with Gasteiger partial charge in [0.25, 0.3) is 0 Å². The Balaban J connectivity index is 2.00. The summed E-state index contributed by atoms with van der Waals surface area (Å²) in [5.74, 6) is 0.782. The van der Waals surface area contributed by atoms with Gasteiger partial charge < -0.3 is 4.74 Å². The number of unbranched alkanes of at least 4 members (excludes halogenated alkanes) is 1. The van der Waals surface area contributed by atoms with Gasteiger partial charge in [-0.1, -0.05) is 39.2 Å². The summed E-state index contributed by atoms with van der Waals surface area (Å²) < 4.78 is 5.81. The van der Waals surface area contributed by atoms with E-state index in [-0.39, 0.29) is 0 Å². The first-order valence-corrected chi connectivity index (χ1v) is 7.19. The summed E-state index contributed by atoms with van der Waals surface area (Å²) in [5.41, 5.74) is 0. The molecular formula is C13H24OS. The van der Waals surface area contributed by atoms with Gasteiger partial charge in [0.2, 0.25) is 0 Å². The van der Waals surface area contributed by atoms with Crippen LogP contribution in [-0.4, -0.2) is 18.5 Å². The van der Waals surface area contributed by atoms with Gasteiger partial charge >= 0.3 is 0 Å². The Hall–Kier alpha value is 0.0500. The largest absolute Gasteiger partial charge is 0.380 e. The first-order valence-electron chi connectivity index (χ1n) is 6.25. The molecule has 1 aliphatic heterocycles. The van der Waals surface area contributed by atoms with Crippen LogP contribution in [0.1, 0.15) is 46.0 Å². The van der Waals surface area contributed by atoms with E-state index in [2.05, 4.69) is 25.3 Å². The van der Waals surface area contributed by atoms with Crippen molar-refractivity contribution in [2.24, 2.45) is 5.92 Å². The van der Waals surface area contributed by atoms with E-state index in [4.69, 9.17) is 4.74 Å². The van der Waals surface area contributed by atoms with Crippen LogP contribution in [-0.2, 0) is 4.74 Å². The average molecular weight is 228 g/mol. The molecular weight excluding hydrogens is 204 g/mol. The van der Waals surface area contributed by atoms with Crippen molar-refractivity contribution >= 4 is 11.8 Å². The van der Waals surface area contributed by atoms with Gasteiger partial charge in [0.1, 0.15) is 0 Å². The van der Waals surface area contributed by atoms with Gasteiger partial charge in [-0.3, -0.25) is 0 Å². The lowest BCUT2D eigenvalue weighted by molar-refractivity contribution is 0.0955. The highest BCUT2D eigenvalue weighted by Gasteiger charge is 2.12. The van der Waals surface area contributed by atoms with E-state index in [1.807, 2.05) is 11.8 Å². The van der Waals surface area contributed by atoms with Gasteiger partial charge in [0.05, 0.1) is 6.61 Å². The van der Waals surface area contributed by atoms with Gasteiger partial charge in [-0.25, -0.2) is 0 Å². The number of rotatable bonds is 8. The second kappa shape index (κ2) is 8.23. The lowest BCUT2D eigenvalue weighted by Gasteiger charge is -2.16. The van der Waals surface area contributed by atoms with E-state index in [0.717, 1.165) is 19.1 Å². The quantitative estimate of drug-likeness (QED) is 0.614. The lowest BCUT2D eigenvalue weighted by Crippen LogP contribution is -2.14. The van der Waals surface area contributed by atoms with Crippen LogP contribution in [0.25, 0.3) is 0 Å². The summed E-state index contributed by atoms with van der Waals surface area (Å²) in [6.07, 6.45) is 8.68. The molecule has 0 aromatic rings. The van der Waals surface area contributed by atoms with Crippen LogP contribution in [0.4, 0.5) is 0 Å². The van der Waals surface area contributed by atoms with E-state index in [0.29, 0.717) is 5.25 Å². The molecule has 1 heterocycles. The Morgan fingerprint density at radius 1 is 1.47 bits per heavy atom. The molecule has 0 aromatic heterocycles. The van der Waals surface area contributed by atoms with Crippen molar-refractivity contribution in [2.75, 3.05) is 13.2 Å². The Kier molecular flexibility index (Phi) is 7.20. The number of thioether (sulfide) groups is 1. The smallest absolute Gasteiger partial charge is 0.0591 e. The minimum atomic E-state index is 0.689. The molecule has 0 aromatic carbocycles. The second-order valence-electron chi connectivity index (χ2n) is 4.32. The molecule has 0 saturated carbocycles. The van der Waals surface area contributed by atoms with Crippen molar-refractivity contribution in [3.05, 3.63) is 11.5 Å². The topological polar surface area (TPSA) is 9.23 Å². The molecule has 0 amide bonds. The summed E-state index contributed by atoms with van der Waals surface area (Å²) in [6, 6.07) is 0. The fraction of sp³-hybridized carbons (Fsp3) is 0.846. The fourth-order valence-electron chi connectivity index (χ4n) is 1.80. The number of hydrogen-bond donors (Lipinski definition) is 0. The van der Waals surface area contributed by atoms with Crippen LogP contribution < -0.4 is 0 Å². The number of allylic oxidation sites excluding steroid dienone is 1. The molecule has 0 fully saturated rings. The third-order valence-electron chi connectivity index (χ3n) is 2.97. The zero-order valence-corrected chi connectivity index (χ0v) is 10.9. The van der Waals surface area contributed by atoms with Crippen molar-refractivity contribution in [3.8, 4) is 0 Å². The molecule has 2 heteroatoms. The van der Waals surface area contributed by atoms with Gasteiger partial charge in [0.15, 0.2) is 0 Å². The van der Waals surface area contributed by atoms with Crippen molar-refractivity contribution in [1.29, 1.82) is 0 Å². The summed E-state index contributed by atoms with van der Waals surface area (Å²) in [7, 11) is 0. The first kappa shape index (κ1) is 13.1. The average Bonchev–Trinajstić information content (AvgIpc) is 2.76. The maximum absolute atomic E-state index is 5.81. The van der Waals surface area contributed by atoms with Crippen LogP contribution in [0.2, 0.25) is 0 Å². The van der Waals surface area contributed by atoms with Gasteiger partial charge in [-0.05, 0) is 24.2 Å². The van der Waals surface area contributed by atoms with Crippen molar-refractivity contribution in [2.45, 2.75) is 51.2 Å². The molecule has 15 heavy (non-hydrogen) atoms. The molecule has 1 aliphatic rings. The fourth-order valence-corrected chi connectivity index (χ4v) is 2.64. The van der Waals surface area contributed by atoms with Crippen LogP contribution in [0, 0.1) is 5.92 Å². The molecule has 0 radical (unpaired) electrons. The van der Waals surface area contributed by atoms with Crippen molar-refractivity contribution in [1.82, 2.24) is 0 Å². The summed E-state index contributed by atoms with van der Waals surface area (Å²) in [4.78, 5) is 0. The Labute approximate surface area is 98.7 Å². The molecule has 1 rings (SSSR count). The molecule has 0 saturated heterocycles. The molecule has 1 nitrogen and oxygen atoms in total. The second-order valence-corrected chi connectivity index (χ2v) is 5.53. The molecule has 2 atom stereocenters. The van der Waals surface area contributed by atoms with E-state index >= 15 is 0 Å². The molecule has 0 N–H and O–H groups in total. The predicted molar refractivity (Wildman–Crippen MR) is 69.3 cm³/mol. The van der Waals surface area contributed by atoms with Crippen LogP contribution >= 0.6 is 11.8 Å². The summed E-state index contributed by atoms with van der Waals surface area (Å²) in [5, 5.41) is 2.89. The van der Waals surface area contributed by atoms with E-state index in [9.17, 15) is 0 Å². The van der Waals surface area contributed by atoms with E-state index in [1.165, 1.54) is 32.1 Å². The molecule has 2 unspecified atom stereocenters. The van der Waals surface area contributed by atoms with E-state index < -0.39 is 0 Å². The van der Waals surface area contributed by atoms with Crippen LogP contribution in [0.3, 0.4) is 0 Å². The normalized spacial score (nSPS) is 22.1. The van der Waals surface area contributed by atoms with Gasteiger partial charge in [0, 0.05) is 11.9 Å². The van der Waals surface area contributed by atoms with Crippen molar-refractivity contribution < 1.29 is 4.74 Å². The molecule has 88 valence electrons. The highest BCUT2D eigenvalue weighted by Crippen LogP contribution is 2.24. The standard InChI is InChI=1S/C13H24OS/c1-3-5-7-12(4-2)10-14-11-13-8-6-9-15-13/h6,9,12-13H,3-5,7-8,10-11H2,1-2H3. The lowest BCUT2D eigenvalue weighted by atomic mass is 10.0. The van der Waals surface area contributed by atoms with Crippen LogP contribution in [0.15, 0.2) is 11.5 Å². The Morgan fingerprint density at radius 2 is 2.33 bits per heavy atom. The molecule has 0 aliphatic carbocycles. The van der Waals surface area contributed by atoms with E-state index in [1.54, 1.807) is 0 Å². The highest BCUT2D eigenvalue weighted by molar-refractivity contribution is 8.03. The summed E-state index contributed by atoms with van der Waals surface area (Å²) in [6.45, 7) is 6.43. The highest BCUT2D eigenvalue weighted by atomic mass is 32.2. The Morgan fingerprint density at radius 3 is 2.93 bits per heavy atom. The minimum Gasteiger partial charge on any atom is -0.380 e. The molecule has 0 spiro atoms.